The van der Waals surface area contributed by atoms with Gasteiger partial charge in [0.25, 0.3) is 0 Å². The van der Waals surface area contributed by atoms with Gasteiger partial charge in [0.1, 0.15) is 0 Å². The maximum absolute atomic E-state index is 6.08. The molecule has 24 heavy (non-hydrogen) atoms. The van der Waals surface area contributed by atoms with Crippen molar-refractivity contribution in [3.63, 3.8) is 0 Å². The number of nitrogens with zero attached hydrogens (tertiary/aromatic N) is 2. The van der Waals surface area contributed by atoms with Crippen molar-refractivity contribution in [2.24, 2.45) is 9.98 Å². The molecule has 0 radical (unpaired) electrons. The Kier molecular flexibility index (Phi) is 4.68. The van der Waals surface area contributed by atoms with Crippen LogP contribution in [-0.4, -0.2) is 12.4 Å². The first kappa shape index (κ1) is 15.5. The van der Waals surface area contributed by atoms with E-state index in [9.17, 15) is 0 Å². The van der Waals surface area contributed by atoms with Gasteiger partial charge in [0.15, 0.2) is 0 Å². The minimum absolute atomic E-state index is 0.539. The third-order valence-corrected chi connectivity index (χ3v) is 3.48. The smallest absolute Gasteiger partial charge is 0.0881 e. The van der Waals surface area contributed by atoms with Crippen LogP contribution in [0.15, 0.2) is 82.8 Å². The third kappa shape index (κ3) is 3.87. The first-order chi connectivity index (χ1) is 11.7. The van der Waals surface area contributed by atoms with E-state index in [0.29, 0.717) is 22.7 Å². The monoisotopic (exact) mass is 314 g/mol. The second kappa shape index (κ2) is 7.24. The van der Waals surface area contributed by atoms with Crippen LogP contribution in [0.3, 0.4) is 0 Å². The van der Waals surface area contributed by atoms with Crippen molar-refractivity contribution < 1.29 is 0 Å². The predicted molar refractivity (Wildman–Crippen MR) is 103 cm³/mol. The molecule has 0 bridgehead atoms. The van der Waals surface area contributed by atoms with Crippen LogP contribution in [0.2, 0.25) is 0 Å². The molecule has 0 heterocycles. The minimum atomic E-state index is 0.539. The summed E-state index contributed by atoms with van der Waals surface area (Å²) in [6.07, 6.45) is 3.52. The van der Waals surface area contributed by atoms with Crippen molar-refractivity contribution in [3.8, 4) is 0 Å². The molecular formula is C20H18N4. The van der Waals surface area contributed by atoms with Crippen molar-refractivity contribution in [3.05, 3.63) is 83.9 Å². The molecule has 4 heteroatoms. The predicted octanol–water partition coefficient (Wildman–Crippen LogP) is 4.35. The van der Waals surface area contributed by atoms with E-state index in [2.05, 4.69) is 9.98 Å². The van der Waals surface area contributed by atoms with Crippen LogP contribution in [-0.2, 0) is 0 Å². The van der Waals surface area contributed by atoms with Gasteiger partial charge in [-0.2, -0.15) is 0 Å². The van der Waals surface area contributed by atoms with Gasteiger partial charge in [0, 0.05) is 12.4 Å². The van der Waals surface area contributed by atoms with E-state index in [1.54, 1.807) is 24.6 Å². The lowest BCUT2D eigenvalue weighted by atomic mass is 10.2. The average Bonchev–Trinajstić information content (AvgIpc) is 2.62. The Morgan fingerprint density at radius 3 is 1.33 bits per heavy atom. The molecule has 0 aliphatic carbocycles. The van der Waals surface area contributed by atoms with E-state index < -0.39 is 0 Å². The Balaban J connectivity index is 1.83. The van der Waals surface area contributed by atoms with Crippen molar-refractivity contribution in [2.45, 2.75) is 0 Å². The molecule has 4 nitrogen and oxygen atoms in total. The highest BCUT2D eigenvalue weighted by Gasteiger charge is 2.04. The molecule has 3 aromatic carbocycles. The Labute approximate surface area is 141 Å². The van der Waals surface area contributed by atoms with E-state index in [1.807, 2.05) is 60.7 Å². The lowest BCUT2D eigenvalue weighted by Gasteiger charge is -2.05. The highest BCUT2D eigenvalue weighted by atomic mass is 14.8. The summed E-state index contributed by atoms with van der Waals surface area (Å²) in [6.45, 7) is 0. The van der Waals surface area contributed by atoms with E-state index in [1.165, 1.54) is 0 Å². The maximum Gasteiger partial charge on any atom is 0.0881 e. The van der Waals surface area contributed by atoms with Crippen LogP contribution in [0.25, 0.3) is 0 Å². The molecule has 0 saturated heterocycles. The second-order valence-corrected chi connectivity index (χ2v) is 5.31. The SMILES string of the molecule is Nc1cc(N=Cc2ccccc2)c(N)cc1N=Cc1ccccc1. The normalized spacial score (nSPS) is 11.3. The molecule has 0 atom stereocenters. The van der Waals surface area contributed by atoms with E-state index in [0.717, 1.165) is 11.1 Å². The van der Waals surface area contributed by atoms with Crippen LogP contribution in [0.4, 0.5) is 22.7 Å². The van der Waals surface area contributed by atoms with Gasteiger partial charge in [-0.15, -0.1) is 0 Å². The van der Waals surface area contributed by atoms with Gasteiger partial charge in [-0.3, -0.25) is 9.98 Å². The van der Waals surface area contributed by atoms with E-state index in [-0.39, 0.29) is 0 Å². The van der Waals surface area contributed by atoms with Crippen LogP contribution in [0.1, 0.15) is 11.1 Å². The fourth-order valence-electron chi connectivity index (χ4n) is 2.20. The third-order valence-electron chi connectivity index (χ3n) is 3.48. The van der Waals surface area contributed by atoms with E-state index >= 15 is 0 Å². The van der Waals surface area contributed by atoms with Crippen molar-refractivity contribution in [1.82, 2.24) is 0 Å². The van der Waals surface area contributed by atoms with Crippen LogP contribution < -0.4 is 11.5 Å². The van der Waals surface area contributed by atoms with Crippen LogP contribution in [0, 0.1) is 0 Å². The fourth-order valence-corrected chi connectivity index (χ4v) is 2.20. The molecule has 118 valence electrons. The molecule has 0 unspecified atom stereocenters. The topological polar surface area (TPSA) is 76.8 Å². The van der Waals surface area contributed by atoms with Gasteiger partial charge in [0.05, 0.1) is 22.7 Å². The Morgan fingerprint density at radius 2 is 0.958 bits per heavy atom. The summed E-state index contributed by atoms with van der Waals surface area (Å²) in [7, 11) is 0. The molecule has 0 aliphatic heterocycles. The van der Waals surface area contributed by atoms with Crippen molar-refractivity contribution >= 4 is 35.2 Å². The minimum Gasteiger partial charge on any atom is -0.397 e. The van der Waals surface area contributed by atoms with Gasteiger partial charge in [-0.05, 0) is 23.3 Å². The summed E-state index contributed by atoms with van der Waals surface area (Å²) in [4.78, 5) is 8.83. The molecule has 0 saturated carbocycles. The molecule has 0 amide bonds. The number of anilines is 2. The lowest BCUT2D eigenvalue weighted by Crippen LogP contribution is -1.92. The summed E-state index contributed by atoms with van der Waals surface area (Å²) < 4.78 is 0. The number of benzene rings is 3. The molecule has 0 aromatic heterocycles. The molecule has 0 fully saturated rings. The van der Waals surface area contributed by atoms with Gasteiger partial charge in [-0.1, -0.05) is 60.7 Å². The quantitative estimate of drug-likeness (QED) is 0.554. The molecule has 3 rings (SSSR count). The first-order valence-electron chi connectivity index (χ1n) is 7.59. The summed E-state index contributed by atoms with van der Waals surface area (Å²) in [5, 5.41) is 0. The molecule has 4 N–H and O–H groups in total. The average molecular weight is 314 g/mol. The molecule has 0 aliphatic rings. The van der Waals surface area contributed by atoms with Gasteiger partial charge in [-0.25, -0.2) is 0 Å². The lowest BCUT2D eigenvalue weighted by molar-refractivity contribution is 1.48. The number of hydrogen-bond acceptors (Lipinski definition) is 4. The summed E-state index contributed by atoms with van der Waals surface area (Å²) >= 11 is 0. The Morgan fingerprint density at radius 1 is 0.583 bits per heavy atom. The number of nitrogen functional groups attached to an aromatic ring is 2. The zero-order valence-electron chi connectivity index (χ0n) is 13.1. The standard InChI is InChI=1S/C20H18N4/c21-17-12-20(24-14-16-9-5-2-6-10-16)18(22)11-19(17)23-13-15-7-3-1-4-8-15/h1-14H,21-22H2. The molecule has 0 spiro atoms. The molecular weight excluding hydrogens is 296 g/mol. The van der Waals surface area contributed by atoms with Gasteiger partial charge >= 0.3 is 0 Å². The number of rotatable bonds is 4. The number of nitrogens with two attached hydrogens (primary N) is 2. The zero-order valence-corrected chi connectivity index (χ0v) is 13.1. The largest absolute Gasteiger partial charge is 0.397 e. The first-order valence-corrected chi connectivity index (χ1v) is 7.59. The van der Waals surface area contributed by atoms with Gasteiger partial charge < -0.3 is 11.5 Å². The Bertz CT molecular complexity index is 794. The molecule has 3 aromatic rings. The number of hydrogen-bond donors (Lipinski definition) is 2. The Hall–Kier alpha value is -3.40. The number of aliphatic imine (C=N–C) groups is 2. The van der Waals surface area contributed by atoms with Crippen molar-refractivity contribution in [1.29, 1.82) is 0 Å². The van der Waals surface area contributed by atoms with E-state index in [4.69, 9.17) is 11.5 Å². The van der Waals surface area contributed by atoms with Crippen molar-refractivity contribution in [2.75, 3.05) is 11.5 Å². The fraction of sp³-hybridized carbons (Fsp3) is 0. The van der Waals surface area contributed by atoms with Crippen LogP contribution >= 0.6 is 0 Å². The summed E-state index contributed by atoms with van der Waals surface area (Å²) in [5.41, 5.74) is 16.5. The highest BCUT2D eigenvalue weighted by molar-refractivity contribution is 5.88. The zero-order chi connectivity index (χ0) is 16.8. The van der Waals surface area contributed by atoms with Gasteiger partial charge in [0.2, 0.25) is 0 Å². The highest BCUT2D eigenvalue weighted by Crippen LogP contribution is 2.33. The summed E-state index contributed by atoms with van der Waals surface area (Å²) in [5.74, 6) is 0. The maximum atomic E-state index is 6.08. The second-order valence-electron chi connectivity index (χ2n) is 5.31. The van der Waals surface area contributed by atoms with Crippen LogP contribution in [0.5, 0.6) is 0 Å². The summed E-state index contributed by atoms with van der Waals surface area (Å²) in [6, 6.07) is 23.1.